The molecule has 0 unspecified atom stereocenters. The summed E-state index contributed by atoms with van der Waals surface area (Å²) in [5.74, 6) is -0.0860. The summed E-state index contributed by atoms with van der Waals surface area (Å²) in [6.45, 7) is 8.41. The Kier molecular flexibility index (Phi) is 11.9. The third-order valence-corrected chi connectivity index (χ3v) is 6.04. The summed E-state index contributed by atoms with van der Waals surface area (Å²) in [5.41, 5.74) is 1.60. The Labute approximate surface area is 239 Å². The van der Waals surface area contributed by atoms with E-state index in [1.807, 2.05) is 24.3 Å². The number of nitro benzene ring substituents is 1. The number of hydrogen-bond acceptors (Lipinski definition) is 8. The van der Waals surface area contributed by atoms with Gasteiger partial charge in [0.05, 0.1) is 30.3 Å². The number of ether oxygens (including phenoxy) is 4. The fourth-order valence-corrected chi connectivity index (χ4v) is 3.77. The van der Waals surface area contributed by atoms with E-state index in [4.69, 9.17) is 18.9 Å². The van der Waals surface area contributed by atoms with Gasteiger partial charge in [-0.15, -0.1) is 0 Å². The van der Waals surface area contributed by atoms with Crippen LogP contribution in [0, 0.1) is 10.1 Å². The van der Waals surface area contributed by atoms with Gasteiger partial charge in [-0.1, -0.05) is 51.0 Å². The number of nitro groups is 1. The van der Waals surface area contributed by atoms with Gasteiger partial charge in [0.1, 0.15) is 11.5 Å². The van der Waals surface area contributed by atoms with Gasteiger partial charge >= 0.3 is 17.6 Å². The predicted octanol–water partition coefficient (Wildman–Crippen LogP) is 7.33. The average molecular weight is 562 g/mol. The van der Waals surface area contributed by atoms with Crippen LogP contribution in [0.5, 0.6) is 17.2 Å². The van der Waals surface area contributed by atoms with Gasteiger partial charge in [0.2, 0.25) is 5.75 Å². The summed E-state index contributed by atoms with van der Waals surface area (Å²) in [6, 6.07) is 18.0. The van der Waals surface area contributed by atoms with Crippen LogP contribution >= 0.6 is 0 Å². The lowest BCUT2D eigenvalue weighted by Crippen LogP contribution is -2.10. The van der Waals surface area contributed by atoms with Gasteiger partial charge in [-0.25, -0.2) is 9.59 Å². The number of hydrogen-bond donors (Lipinski definition) is 0. The number of nitrogens with zero attached hydrogens (tertiary/aromatic N) is 1. The van der Waals surface area contributed by atoms with Crippen LogP contribution in [-0.4, -0.2) is 36.7 Å². The van der Waals surface area contributed by atoms with Crippen molar-refractivity contribution in [2.24, 2.45) is 0 Å². The van der Waals surface area contributed by atoms with E-state index in [1.165, 1.54) is 37.1 Å². The van der Waals surface area contributed by atoms with Gasteiger partial charge in [-0.2, -0.15) is 0 Å². The molecule has 0 aliphatic rings. The van der Waals surface area contributed by atoms with Crippen LogP contribution in [-0.2, 0) is 9.53 Å². The third-order valence-electron chi connectivity index (χ3n) is 6.04. The van der Waals surface area contributed by atoms with Crippen molar-refractivity contribution in [2.45, 2.75) is 46.0 Å². The number of rotatable bonds is 16. The van der Waals surface area contributed by atoms with Crippen LogP contribution in [0.25, 0.3) is 11.1 Å². The van der Waals surface area contributed by atoms with Crippen molar-refractivity contribution >= 4 is 17.6 Å². The van der Waals surface area contributed by atoms with E-state index < -0.39 is 16.9 Å². The molecule has 0 N–H and O–H groups in total. The molecule has 3 aromatic rings. The molecule has 9 heteroatoms. The van der Waals surface area contributed by atoms with Crippen molar-refractivity contribution in [1.82, 2.24) is 0 Å². The summed E-state index contributed by atoms with van der Waals surface area (Å²) < 4.78 is 21.7. The first-order chi connectivity index (χ1) is 19.8. The lowest BCUT2D eigenvalue weighted by Gasteiger charge is -2.10. The molecule has 0 saturated carbocycles. The molecule has 0 spiro atoms. The number of carbonyl (C=O) groups is 2. The summed E-state index contributed by atoms with van der Waals surface area (Å²) in [6.07, 6.45) is 4.97. The fourth-order valence-electron chi connectivity index (χ4n) is 3.77. The minimum absolute atomic E-state index is 0.152. The molecule has 9 nitrogen and oxygen atoms in total. The molecule has 0 atom stereocenters. The van der Waals surface area contributed by atoms with E-state index in [0.29, 0.717) is 36.5 Å². The highest BCUT2D eigenvalue weighted by Gasteiger charge is 2.20. The number of carbonyl (C=O) groups excluding carboxylic acids is 2. The van der Waals surface area contributed by atoms with Crippen molar-refractivity contribution in [2.75, 3.05) is 19.8 Å². The highest BCUT2D eigenvalue weighted by molar-refractivity contribution is 5.92. The van der Waals surface area contributed by atoms with Crippen molar-refractivity contribution in [1.29, 1.82) is 0 Å². The Balaban J connectivity index is 1.57. The van der Waals surface area contributed by atoms with Gasteiger partial charge in [0.25, 0.3) is 0 Å². The third kappa shape index (κ3) is 9.79. The van der Waals surface area contributed by atoms with Gasteiger partial charge < -0.3 is 18.9 Å². The maximum Gasteiger partial charge on any atom is 0.343 e. The molecule has 0 bridgehead atoms. The first-order valence-corrected chi connectivity index (χ1v) is 13.6. The lowest BCUT2D eigenvalue weighted by atomic mass is 10.0. The van der Waals surface area contributed by atoms with Crippen LogP contribution in [0.1, 0.15) is 56.3 Å². The fraction of sp³-hybridized carbons (Fsp3) is 0.312. The highest BCUT2D eigenvalue weighted by Crippen LogP contribution is 2.33. The van der Waals surface area contributed by atoms with E-state index in [0.717, 1.165) is 24.2 Å². The summed E-state index contributed by atoms with van der Waals surface area (Å²) in [5, 5.41) is 11.8. The summed E-state index contributed by atoms with van der Waals surface area (Å²) >= 11 is 0. The number of unbranched alkanes of at least 4 members (excludes halogenated alkanes) is 3. The molecule has 0 aromatic heterocycles. The van der Waals surface area contributed by atoms with E-state index >= 15 is 0 Å². The Morgan fingerprint density at radius 3 is 2.02 bits per heavy atom. The minimum Gasteiger partial charge on any atom is -0.494 e. The largest absolute Gasteiger partial charge is 0.494 e. The van der Waals surface area contributed by atoms with E-state index in [2.05, 4.69) is 13.5 Å². The second kappa shape index (κ2) is 15.8. The predicted molar refractivity (Wildman–Crippen MR) is 155 cm³/mol. The maximum atomic E-state index is 12.7. The van der Waals surface area contributed by atoms with Crippen molar-refractivity contribution in [3.8, 4) is 28.4 Å². The zero-order valence-corrected chi connectivity index (χ0v) is 23.4. The average Bonchev–Trinajstić information content (AvgIpc) is 2.97. The van der Waals surface area contributed by atoms with Gasteiger partial charge in [0.15, 0.2) is 0 Å². The molecular weight excluding hydrogens is 526 g/mol. The monoisotopic (exact) mass is 561 g/mol. The zero-order chi connectivity index (χ0) is 29.6. The number of esters is 2. The van der Waals surface area contributed by atoms with Crippen molar-refractivity contribution in [3.05, 3.63) is 94.6 Å². The highest BCUT2D eigenvalue weighted by atomic mass is 16.6. The second-order valence-electron chi connectivity index (χ2n) is 9.41. The molecule has 0 radical (unpaired) electrons. The smallest absolute Gasteiger partial charge is 0.343 e. The summed E-state index contributed by atoms with van der Waals surface area (Å²) in [4.78, 5) is 35.3. The van der Waals surface area contributed by atoms with E-state index in [9.17, 15) is 19.7 Å². The Morgan fingerprint density at radius 2 is 1.41 bits per heavy atom. The molecular formula is C32H35NO8. The van der Waals surface area contributed by atoms with Gasteiger partial charge in [-0.05, 0) is 66.9 Å². The number of benzene rings is 3. The SMILES string of the molecule is C=C(C)C(=O)OCCCOc1ccc(C(=O)Oc2ccc(-c3ccc(OCCCCCC)cc3)cc2[N+](=O)[O-])cc1. The molecule has 0 fully saturated rings. The topological polar surface area (TPSA) is 114 Å². The normalized spacial score (nSPS) is 10.5. The minimum atomic E-state index is -0.737. The molecule has 0 aliphatic heterocycles. The standard InChI is InChI=1S/C32H35NO8/c1-4-5-6-7-19-38-27-14-9-24(10-15-27)26-13-18-30(29(22-26)33(36)37)41-32(35)25-11-16-28(17-12-25)39-20-8-21-40-31(34)23(2)3/h9-18,22H,2,4-8,19-21H2,1,3H3. The molecule has 0 heterocycles. The van der Waals surface area contributed by atoms with E-state index in [-0.39, 0.29) is 23.6 Å². The maximum absolute atomic E-state index is 12.7. The van der Waals surface area contributed by atoms with Crippen molar-refractivity contribution in [3.63, 3.8) is 0 Å². The molecule has 0 aliphatic carbocycles. The quantitative estimate of drug-likeness (QED) is 0.0446. The molecule has 216 valence electrons. The van der Waals surface area contributed by atoms with E-state index in [1.54, 1.807) is 25.1 Å². The van der Waals surface area contributed by atoms with Gasteiger partial charge in [-0.3, -0.25) is 10.1 Å². The molecule has 3 aromatic carbocycles. The lowest BCUT2D eigenvalue weighted by molar-refractivity contribution is -0.385. The Hall–Kier alpha value is -4.66. The van der Waals surface area contributed by atoms with Crippen LogP contribution < -0.4 is 14.2 Å². The second-order valence-corrected chi connectivity index (χ2v) is 9.41. The molecule has 0 amide bonds. The molecule has 3 rings (SSSR count). The summed E-state index contributed by atoms with van der Waals surface area (Å²) in [7, 11) is 0. The van der Waals surface area contributed by atoms with Crippen LogP contribution in [0.15, 0.2) is 78.9 Å². The molecule has 0 saturated heterocycles. The van der Waals surface area contributed by atoms with Crippen LogP contribution in [0.2, 0.25) is 0 Å². The Bertz CT molecular complexity index is 1330. The first-order valence-electron chi connectivity index (χ1n) is 13.6. The van der Waals surface area contributed by atoms with Crippen LogP contribution in [0.3, 0.4) is 0 Å². The Morgan fingerprint density at radius 1 is 0.805 bits per heavy atom. The van der Waals surface area contributed by atoms with Crippen LogP contribution in [0.4, 0.5) is 5.69 Å². The molecule has 41 heavy (non-hydrogen) atoms. The van der Waals surface area contributed by atoms with Gasteiger partial charge in [0, 0.05) is 18.1 Å². The first kappa shape index (κ1) is 30.9. The zero-order valence-electron chi connectivity index (χ0n) is 23.4. The van der Waals surface area contributed by atoms with Crippen molar-refractivity contribution < 1.29 is 33.5 Å².